The van der Waals surface area contributed by atoms with Gasteiger partial charge in [0.1, 0.15) is 5.75 Å². The molecule has 18 heavy (non-hydrogen) atoms. The first kappa shape index (κ1) is 12.0. The van der Waals surface area contributed by atoms with Crippen LogP contribution in [0.1, 0.15) is 5.56 Å². The Hall–Kier alpha value is -2.49. The second kappa shape index (κ2) is 5.23. The summed E-state index contributed by atoms with van der Waals surface area (Å²) in [6.45, 7) is 0. The summed E-state index contributed by atoms with van der Waals surface area (Å²) in [6, 6.07) is 13.4. The number of hydrogen-bond donors (Lipinski definition) is 2. The van der Waals surface area contributed by atoms with Gasteiger partial charge in [0.15, 0.2) is 11.5 Å². The average Bonchev–Trinajstić information content (AvgIpc) is 2.34. The van der Waals surface area contributed by atoms with Crippen molar-refractivity contribution in [3.63, 3.8) is 0 Å². The van der Waals surface area contributed by atoms with Crippen molar-refractivity contribution in [2.75, 3.05) is 0 Å². The monoisotopic (exact) mass is 244 g/mol. The summed E-state index contributed by atoms with van der Waals surface area (Å²) in [5.41, 5.74) is 0.701. The number of carboxylic acid groups (broad SMARTS) is 1. The van der Waals surface area contributed by atoms with Crippen LogP contribution in [0.25, 0.3) is 0 Å². The smallest absolute Gasteiger partial charge is 0.307 e. The number of aliphatic carboxylic acids is 1. The summed E-state index contributed by atoms with van der Waals surface area (Å²) in [6.07, 6.45) is -0.0170. The third kappa shape index (κ3) is 3.01. The van der Waals surface area contributed by atoms with Crippen LogP contribution >= 0.6 is 0 Å². The summed E-state index contributed by atoms with van der Waals surface area (Å²) in [5.74, 6) is 0.102. The van der Waals surface area contributed by atoms with E-state index >= 15 is 0 Å². The highest BCUT2D eigenvalue weighted by molar-refractivity contribution is 5.70. The van der Waals surface area contributed by atoms with Gasteiger partial charge in [-0.05, 0) is 29.8 Å². The first-order chi connectivity index (χ1) is 8.65. The minimum atomic E-state index is -0.871. The number of phenols is 1. The van der Waals surface area contributed by atoms with Gasteiger partial charge in [-0.1, -0.05) is 24.3 Å². The summed E-state index contributed by atoms with van der Waals surface area (Å²) < 4.78 is 5.47. The number of carbonyl (C=O) groups is 1. The standard InChI is InChI=1S/C14H12O4/c15-12-3-1-2-4-13(12)18-11-7-5-10(6-8-11)9-14(16)17/h1-8,15H,9H2,(H,16,17). The minimum absolute atomic E-state index is 0.0170. The molecule has 0 spiro atoms. The summed E-state index contributed by atoms with van der Waals surface area (Å²) >= 11 is 0. The molecule has 0 bridgehead atoms. The van der Waals surface area contributed by atoms with E-state index in [0.717, 1.165) is 0 Å². The topological polar surface area (TPSA) is 66.8 Å². The molecule has 0 aliphatic carbocycles. The molecule has 2 aromatic carbocycles. The van der Waals surface area contributed by atoms with Crippen LogP contribution in [-0.2, 0) is 11.2 Å². The molecule has 0 radical (unpaired) electrons. The van der Waals surface area contributed by atoms with Crippen LogP contribution in [0, 0.1) is 0 Å². The zero-order chi connectivity index (χ0) is 13.0. The van der Waals surface area contributed by atoms with Crippen molar-refractivity contribution in [1.29, 1.82) is 0 Å². The van der Waals surface area contributed by atoms with Gasteiger partial charge in [0.2, 0.25) is 0 Å². The molecule has 2 rings (SSSR count). The van der Waals surface area contributed by atoms with Crippen LogP contribution < -0.4 is 4.74 Å². The Balaban J connectivity index is 2.11. The molecule has 0 amide bonds. The van der Waals surface area contributed by atoms with Crippen molar-refractivity contribution in [2.45, 2.75) is 6.42 Å². The number of hydrogen-bond acceptors (Lipinski definition) is 3. The first-order valence-corrected chi connectivity index (χ1v) is 5.42. The number of rotatable bonds is 4. The van der Waals surface area contributed by atoms with E-state index in [2.05, 4.69) is 0 Å². The Kier molecular flexibility index (Phi) is 3.48. The average molecular weight is 244 g/mol. The van der Waals surface area contributed by atoms with Gasteiger partial charge >= 0.3 is 5.97 Å². The maximum atomic E-state index is 10.5. The zero-order valence-electron chi connectivity index (χ0n) is 9.54. The van der Waals surface area contributed by atoms with Crippen LogP contribution in [0.15, 0.2) is 48.5 Å². The molecule has 2 N–H and O–H groups in total. The van der Waals surface area contributed by atoms with Crippen LogP contribution in [-0.4, -0.2) is 16.2 Å². The van der Waals surface area contributed by atoms with E-state index in [1.807, 2.05) is 0 Å². The van der Waals surface area contributed by atoms with E-state index < -0.39 is 5.97 Å². The molecule has 0 saturated carbocycles. The largest absolute Gasteiger partial charge is 0.504 e. The molecule has 0 unspecified atom stereocenters. The van der Waals surface area contributed by atoms with E-state index in [1.54, 1.807) is 42.5 Å². The molecule has 0 aliphatic rings. The molecule has 0 saturated heterocycles. The van der Waals surface area contributed by atoms with E-state index in [9.17, 15) is 9.90 Å². The number of phenolic OH excluding ortho intramolecular Hbond substituents is 1. The fraction of sp³-hybridized carbons (Fsp3) is 0.0714. The van der Waals surface area contributed by atoms with Crippen molar-refractivity contribution >= 4 is 5.97 Å². The molecule has 0 atom stereocenters. The number of para-hydroxylation sites is 2. The van der Waals surface area contributed by atoms with Gasteiger partial charge in [0, 0.05) is 0 Å². The maximum Gasteiger partial charge on any atom is 0.307 e. The van der Waals surface area contributed by atoms with Crippen molar-refractivity contribution in [1.82, 2.24) is 0 Å². The van der Waals surface area contributed by atoms with Crippen molar-refractivity contribution in [3.8, 4) is 17.2 Å². The molecule has 0 aromatic heterocycles. The Morgan fingerprint density at radius 1 is 1.06 bits per heavy atom. The lowest BCUT2D eigenvalue weighted by molar-refractivity contribution is -0.136. The highest BCUT2D eigenvalue weighted by atomic mass is 16.5. The lowest BCUT2D eigenvalue weighted by atomic mass is 10.1. The van der Waals surface area contributed by atoms with E-state index in [4.69, 9.17) is 9.84 Å². The molecule has 2 aromatic rings. The van der Waals surface area contributed by atoms with Crippen LogP contribution in [0.2, 0.25) is 0 Å². The number of carboxylic acids is 1. The summed E-state index contributed by atoms with van der Waals surface area (Å²) in [4.78, 5) is 10.5. The number of ether oxygens (including phenoxy) is 1. The molecule has 4 nitrogen and oxygen atoms in total. The molecule has 0 aliphatic heterocycles. The van der Waals surface area contributed by atoms with Crippen LogP contribution in [0.4, 0.5) is 0 Å². The Morgan fingerprint density at radius 3 is 2.33 bits per heavy atom. The Morgan fingerprint density at radius 2 is 1.72 bits per heavy atom. The van der Waals surface area contributed by atoms with Crippen molar-refractivity contribution in [3.05, 3.63) is 54.1 Å². The zero-order valence-corrected chi connectivity index (χ0v) is 9.54. The quantitative estimate of drug-likeness (QED) is 0.867. The van der Waals surface area contributed by atoms with Gasteiger partial charge in [-0.25, -0.2) is 0 Å². The summed E-state index contributed by atoms with van der Waals surface area (Å²) in [7, 11) is 0. The summed E-state index contributed by atoms with van der Waals surface area (Å²) in [5, 5.41) is 18.2. The minimum Gasteiger partial charge on any atom is -0.504 e. The van der Waals surface area contributed by atoms with Gasteiger partial charge in [-0.2, -0.15) is 0 Å². The van der Waals surface area contributed by atoms with Crippen LogP contribution in [0.5, 0.6) is 17.2 Å². The second-order valence-corrected chi connectivity index (χ2v) is 3.78. The molecule has 4 heteroatoms. The highest BCUT2D eigenvalue weighted by Gasteiger charge is 2.04. The van der Waals surface area contributed by atoms with E-state index in [0.29, 0.717) is 17.1 Å². The second-order valence-electron chi connectivity index (χ2n) is 3.78. The SMILES string of the molecule is O=C(O)Cc1ccc(Oc2ccccc2O)cc1. The van der Waals surface area contributed by atoms with Crippen molar-refractivity contribution in [2.24, 2.45) is 0 Å². The molecule has 92 valence electrons. The molecule has 0 fully saturated rings. The van der Waals surface area contributed by atoms with E-state index in [1.165, 1.54) is 6.07 Å². The third-order valence-corrected chi connectivity index (χ3v) is 2.37. The van der Waals surface area contributed by atoms with Crippen LogP contribution in [0.3, 0.4) is 0 Å². The lowest BCUT2D eigenvalue weighted by Crippen LogP contribution is -1.99. The number of benzene rings is 2. The third-order valence-electron chi connectivity index (χ3n) is 2.37. The molecule has 0 heterocycles. The van der Waals surface area contributed by atoms with Crippen molar-refractivity contribution < 1.29 is 19.7 Å². The number of aromatic hydroxyl groups is 1. The van der Waals surface area contributed by atoms with Gasteiger partial charge in [-0.3, -0.25) is 4.79 Å². The normalized spacial score (nSPS) is 10.0. The molecular weight excluding hydrogens is 232 g/mol. The van der Waals surface area contributed by atoms with Gasteiger partial charge in [-0.15, -0.1) is 0 Å². The highest BCUT2D eigenvalue weighted by Crippen LogP contribution is 2.29. The molecular formula is C14H12O4. The predicted octanol–water partition coefficient (Wildman–Crippen LogP) is 2.81. The fourth-order valence-corrected chi connectivity index (χ4v) is 1.52. The van der Waals surface area contributed by atoms with Gasteiger partial charge in [0.25, 0.3) is 0 Å². The lowest BCUT2D eigenvalue weighted by Gasteiger charge is -2.07. The predicted molar refractivity (Wildman–Crippen MR) is 66.0 cm³/mol. The Bertz CT molecular complexity index is 546. The Labute approximate surface area is 104 Å². The first-order valence-electron chi connectivity index (χ1n) is 5.42. The van der Waals surface area contributed by atoms with Gasteiger partial charge < -0.3 is 14.9 Å². The van der Waals surface area contributed by atoms with Gasteiger partial charge in [0.05, 0.1) is 6.42 Å². The van der Waals surface area contributed by atoms with E-state index in [-0.39, 0.29) is 12.2 Å². The fourth-order valence-electron chi connectivity index (χ4n) is 1.52. The maximum absolute atomic E-state index is 10.5.